The van der Waals surface area contributed by atoms with E-state index in [1.165, 1.54) is 11.8 Å². The zero-order chi connectivity index (χ0) is 24.3. The molecule has 1 saturated heterocycles. The number of hydrogen-bond acceptors (Lipinski definition) is 7. The van der Waals surface area contributed by atoms with Crippen LogP contribution in [0.25, 0.3) is 10.4 Å². The van der Waals surface area contributed by atoms with Gasteiger partial charge in [-0.1, -0.05) is 24.3 Å². The van der Waals surface area contributed by atoms with Gasteiger partial charge in [-0.05, 0) is 31.9 Å². The number of hydrogen-bond donors (Lipinski definition) is 4. The zero-order valence-corrected chi connectivity index (χ0v) is 20.9. The highest BCUT2D eigenvalue weighted by Gasteiger charge is 2.44. The molecule has 0 spiro atoms. The molecule has 3 amide bonds. The summed E-state index contributed by atoms with van der Waals surface area (Å²) >= 11 is 6.04. The number of thiol groups is 1. The molecule has 0 bridgehead atoms. The van der Waals surface area contributed by atoms with Crippen molar-refractivity contribution in [2.45, 2.75) is 63.6 Å². The number of thiazole rings is 1. The average Bonchev–Trinajstić information content (AvgIpc) is 3.35. The van der Waals surface area contributed by atoms with E-state index in [0.29, 0.717) is 6.54 Å². The summed E-state index contributed by atoms with van der Waals surface area (Å²) in [5.74, 6) is -1.15. The summed E-state index contributed by atoms with van der Waals surface area (Å²) in [6.07, 6.45) is -0.673. The fraction of sp³-hybridized carbons (Fsp3) is 0.478. The van der Waals surface area contributed by atoms with Crippen LogP contribution in [-0.4, -0.2) is 62.2 Å². The third-order valence-corrected chi connectivity index (χ3v) is 6.83. The highest BCUT2D eigenvalue weighted by Crippen LogP contribution is 2.28. The number of aryl methyl sites for hydroxylation is 1. The lowest BCUT2D eigenvalue weighted by atomic mass is 10.0. The lowest BCUT2D eigenvalue weighted by Gasteiger charge is -2.34. The maximum absolute atomic E-state index is 13.2. The molecule has 0 aliphatic carbocycles. The molecule has 0 saturated carbocycles. The summed E-state index contributed by atoms with van der Waals surface area (Å²) in [6.45, 7) is 7.04. The smallest absolute Gasteiger partial charge is 0.247 e. The van der Waals surface area contributed by atoms with Crippen LogP contribution in [0.15, 0.2) is 29.8 Å². The molecule has 1 aromatic heterocycles. The summed E-state index contributed by atoms with van der Waals surface area (Å²) in [5.41, 5.74) is 4.78. The van der Waals surface area contributed by atoms with Crippen LogP contribution in [0.3, 0.4) is 0 Å². The SMILES string of the molecule is CC(=O)N[C@H](C(=O)N1CC(O)C[C@H]1C(=O)NCc1ccc(-c2scnc2C)cc1)C(C)(C)S. The van der Waals surface area contributed by atoms with Crippen LogP contribution in [-0.2, 0) is 20.9 Å². The summed E-state index contributed by atoms with van der Waals surface area (Å²) in [7, 11) is 0. The number of carbonyl (C=O) groups is 3. The molecular weight excluding hydrogens is 460 g/mol. The number of rotatable bonds is 7. The van der Waals surface area contributed by atoms with Crippen molar-refractivity contribution < 1.29 is 19.5 Å². The van der Waals surface area contributed by atoms with Crippen molar-refractivity contribution in [3.63, 3.8) is 0 Å². The molecule has 0 radical (unpaired) electrons. The van der Waals surface area contributed by atoms with Crippen molar-refractivity contribution in [2.24, 2.45) is 0 Å². The molecule has 3 N–H and O–H groups in total. The van der Waals surface area contributed by atoms with Crippen LogP contribution in [0, 0.1) is 6.92 Å². The Labute approximate surface area is 203 Å². The molecule has 178 valence electrons. The third kappa shape index (κ3) is 6.13. The molecule has 33 heavy (non-hydrogen) atoms. The summed E-state index contributed by atoms with van der Waals surface area (Å²) in [5, 5.41) is 15.7. The Morgan fingerprint density at radius 1 is 1.30 bits per heavy atom. The van der Waals surface area contributed by atoms with Crippen LogP contribution in [0.1, 0.15) is 38.4 Å². The van der Waals surface area contributed by atoms with E-state index in [2.05, 4.69) is 28.2 Å². The van der Waals surface area contributed by atoms with Gasteiger partial charge >= 0.3 is 0 Å². The highest BCUT2D eigenvalue weighted by molar-refractivity contribution is 7.81. The van der Waals surface area contributed by atoms with Gasteiger partial charge < -0.3 is 20.6 Å². The molecule has 1 fully saturated rings. The van der Waals surface area contributed by atoms with Crippen LogP contribution in [0.4, 0.5) is 0 Å². The van der Waals surface area contributed by atoms with E-state index in [4.69, 9.17) is 0 Å². The monoisotopic (exact) mass is 490 g/mol. The predicted octanol–water partition coefficient (Wildman–Crippen LogP) is 1.91. The molecule has 3 atom stereocenters. The van der Waals surface area contributed by atoms with Crippen LogP contribution in [0.2, 0.25) is 0 Å². The maximum atomic E-state index is 13.2. The number of nitrogens with zero attached hydrogens (tertiary/aromatic N) is 2. The standard InChI is InChI=1S/C23H30N4O4S2/c1-13-19(33-12-25-13)16-7-5-15(6-8-16)10-24-21(30)18-9-17(29)11-27(18)22(31)20(23(3,4)32)26-14(2)28/h5-8,12,17-18,20,29,32H,9-11H2,1-4H3,(H,24,30)(H,26,28)/t17?,18-,20+/m0/s1. The molecule has 10 heteroatoms. The molecular formula is C23H30N4O4S2. The van der Waals surface area contributed by atoms with E-state index >= 15 is 0 Å². The lowest BCUT2D eigenvalue weighted by molar-refractivity contribution is -0.142. The summed E-state index contributed by atoms with van der Waals surface area (Å²) in [6, 6.07) is 6.11. The second-order valence-corrected chi connectivity index (χ2v) is 10.9. The molecule has 8 nitrogen and oxygen atoms in total. The topological polar surface area (TPSA) is 112 Å². The van der Waals surface area contributed by atoms with E-state index < -0.39 is 28.8 Å². The third-order valence-electron chi connectivity index (χ3n) is 5.59. The molecule has 1 unspecified atom stereocenters. The summed E-state index contributed by atoms with van der Waals surface area (Å²) < 4.78 is -0.852. The van der Waals surface area contributed by atoms with Gasteiger partial charge in [0.15, 0.2) is 0 Å². The lowest BCUT2D eigenvalue weighted by Crippen LogP contribution is -2.58. The van der Waals surface area contributed by atoms with Crippen LogP contribution < -0.4 is 10.6 Å². The van der Waals surface area contributed by atoms with Crippen molar-refractivity contribution in [2.75, 3.05) is 6.54 Å². The first kappa shape index (κ1) is 25.2. The molecule has 1 aliphatic heterocycles. The van der Waals surface area contributed by atoms with E-state index in [1.807, 2.05) is 36.7 Å². The fourth-order valence-electron chi connectivity index (χ4n) is 3.88. The fourth-order valence-corrected chi connectivity index (χ4v) is 4.86. The minimum atomic E-state index is -0.929. The first-order valence-electron chi connectivity index (χ1n) is 10.7. The number of amides is 3. The number of β-amino-alcohol motifs (C(OH)–C–C–N with tert-alkyl or cyclic N) is 1. The van der Waals surface area contributed by atoms with Crippen molar-refractivity contribution in [3.8, 4) is 10.4 Å². The number of aromatic nitrogens is 1. The Balaban J connectivity index is 1.67. The van der Waals surface area contributed by atoms with Gasteiger partial charge in [0.05, 0.1) is 22.2 Å². The predicted molar refractivity (Wildman–Crippen MR) is 131 cm³/mol. The van der Waals surface area contributed by atoms with Gasteiger partial charge in [-0.3, -0.25) is 14.4 Å². The number of aliphatic hydroxyl groups is 1. The molecule has 2 aromatic rings. The van der Waals surface area contributed by atoms with Gasteiger partial charge in [-0.25, -0.2) is 4.98 Å². The zero-order valence-electron chi connectivity index (χ0n) is 19.2. The molecule has 3 rings (SSSR count). The van der Waals surface area contributed by atoms with Gasteiger partial charge in [0.2, 0.25) is 17.7 Å². The van der Waals surface area contributed by atoms with Crippen molar-refractivity contribution in [3.05, 3.63) is 41.0 Å². The van der Waals surface area contributed by atoms with E-state index in [1.54, 1.807) is 25.2 Å². The van der Waals surface area contributed by atoms with E-state index in [9.17, 15) is 19.5 Å². The van der Waals surface area contributed by atoms with Crippen LogP contribution >= 0.6 is 24.0 Å². The minimum absolute atomic E-state index is 0.0275. The van der Waals surface area contributed by atoms with Crippen molar-refractivity contribution >= 4 is 41.7 Å². The summed E-state index contributed by atoms with van der Waals surface area (Å²) in [4.78, 5) is 44.5. The first-order chi connectivity index (χ1) is 15.5. The number of benzene rings is 1. The van der Waals surface area contributed by atoms with Crippen molar-refractivity contribution in [1.29, 1.82) is 0 Å². The minimum Gasteiger partial charge on any atom is -0.391 e. The van der Waals surface area contributed by atoms with Gasteiger partial charge in [0.1, 0.15) is 12.1 Å². The number of aliphatic hydroxyl groups excluding tert-OH is 1. The second-order valence-electron chi connectivity index (χ2n) is 8.86. The van der Waals surface area contributed by atoms with Crippen molar-refractivity contribution in [1.82, 2.24) is 20.5 Å². The van der Waals surface area contributed by atoms with Gasteiger partial charge in [-0.2, -0.15) is 12.6 Å². The Morgan fingerprint density at radius 3 is 2.52 bits per heavy atom. The Kier molecular flexibility index (Phi) is 7.81. The average molecular weight is 491 g/mol. The molecule has 1 aromatic carbocycles. The van der Waals surface area contributed by atoms with Gasteiger partial charge in [0.25, 0.3) is 0 Å². The highest BCUT2D eigenvalue weighted by atomic mass is 32.1. The normalized spacial score (nSPS) is 19.3. The Bertz CT molecular complexity index is 1020. The number of nitrogens with one attached hydrogen (secondary N) is 2. The van der Waals surface area contributed by atoms with E-state index in [-0.39, 0.29) is 24.8 Å². The number of carbonyl (C=O) groups excluding carboxylic acids is 3. The van der Waals surface area contributed by atoms with Gasteiger partial charge in [-0.15, -0.1) is 11.3 Å². The largest absolute Gasteiger partial charge is 0.391 e. The quantitative estimate of drug-likeness (QED) is 0.443. The Morgan fingerprint density at radius 2 is 1.97 bits per heavy atom. The molecule has 1 aliphatic rings. The maximum Gasteiger partial charge on any atom is 0.247 e. The van der Waals surface area contributed by atoms with E-state index in [0.717, 1.165) is 21.7 Å². The first-order valence-corrected chi connectivity index (χ1v) is 12.0. The number of likely N-dealkylation sites (tertiary alicyclic amines) is 1. The Hall–Kier alpha value is -2.43. The van der Waals surface area contributed by atoms with Crippen LogP contribution in [0.5, 0.6) is 0 Å². The molecule has 2 heterocycles. The van der Waals surface area contributed by atoms with Gasteiger partial charge in [0, 0.05) is 31.2 Å². The second kappa shape index (κ2) is 10.2.